The van der Waals surface area contributed by atoms with Crippen LogP contribution in [-0.2, 0) is 13.1 Å². The molecule has 6 heteroatoms. The Hall–Kier alpha value is -2.28. The minimum absolute atomic E-state index is 0.0558. The maximum absolute atomic E-state index is 14.3. The molecule has 25 heavy (non-hydrogen) atoms. The van der Waals surface area contributed by atoms with E-state index in [0.717, 1.165) is 16.9 Å². The highest BCUT2D eigenvalue weighted by Gasteiger charge is 2.22. The van der Waals surface area contributed by atoms with Gasteiger partial charge >= 0.3 is 5.97 Å². The van der Waals surface area contributed by atoms with Gasteiger partial charge in [-0.15, -0.1) is 11.3 Å². The maximum Gasteiger partial charge on any atom is 0.346 e. The standard InChI is InChI=1S/C19H18FNO3S/c20-15-7-4-8-16-17(15)14(18(25-16)19(23)24)12-21(9-10-22)11-13-5-2-1-3-6-13/h1-8,22H,9-12H2,(H,23,24). The van der Waals surface area contributed by atoms with Gasteiger partial charge in [0.25, 0.3) is 0 Å². The number of aliphatic hydroxyl groups excluding tert-OH is 1. The molecule has 0 atom stereocenters. The first-order chi connectivity index (χ1) is 12.1. The lowest BCUT2D eigenvalue weighted by molar-refractivity contribution is 0.0700. The predicted octanol–water partition coefficient (Wildman–Crippen LogP) is 3.73. The minimum atomic E-state index is -1.06. The van der Waals surface area contributed by atoms with Crippen LogP contribution in [0.4, 0.5) is 4.39 Å². The Labute approximate surface area is 148 Å². The first-order valence-electron chi connectivity index (χ1n) is 7.90. The average molecular weight is 359 g/mol. The minimum Gasteiger partial charge on any atom is -0.477 e. The summed E-state index contributed by atoms with van der Waals surface area (Å²) in [6.45, 7) is 1.13. The van der Waals surface area contributed by atoms with Crippen LogP contribution in [0.15, 0.2) is 48.5 Å². The first kappa shape index (κ1) is 17.5. The van der Waals surface area contributed by atoms with Gasteiger partial charge in [-0.05, 0) is 17.7 Å². The number of carbonyl (C=O) groups is 1. The topological polar surface area (TPSA) is 60.8 Å². The summed E-state index contributed by atoms with van der Waals surface area (Å²) >= 11 is 1.08. The van der Waals surface area contributed by atoms with Gasteiger partial charge in [0.15, 0.2) is 0 Å². The Morgan fingerprint density at radius 2 is 1.84 bits per heavy atom. The van der Waals surface area contributed by atoms with Crippen molar-refractivity contribution in [2.24, 2.45) is 0 Å². The lowest BCUT2D eigenvalue weighted by Gasteiger charge is -2.21. The van der Waals surface area contributed by atoms with Crippen LogP contribution in [0.2, 0.25) is 0 Å². The normalized spacial score (nSPS) is 11.3. The van der Waals surface area contributed by atoms with Gasteiger partial charge in [-0.1, -0.05) is 36.4 Å². The van der Waals surface area contributed by atoms with Gasteiger partial charge in [-0.2, -0.15) is 0 Å². The molecule has 1 aromatic heterocycles. The Morgan fingerprint density at radius 3 is 2.52 bits per heavy atom. The molecule has 0 saturated heterocycles. The van der Waals surface area contributed by atoms with E-state index < -0.39 is 11.8 Å². The van der Waals surface area contributed by atoms with Crippen molar-refractivity contribution in [1.82, 2.24) is 4.90 Å². The van der Waals surface area contributed by atoms with Crippen molar-refractivity contribution < 1.29 is 19.4 Å². The van der Waals surface area contributed by atoms with Crippen molar-refractivity contribution in [1.29, 1.82) is 0 Å². The van der Waals surface area contributed by atoms with Gasteiger partial charge < -0.3 is 10.2 Å². The van der Waals surface area contributed by atoms with Crippen LogP contribution >= 0.6 is 11.3 Å². The SMILES string of the molecule is O=C(O)c1sc2cccc(F)c2c1CN(CCO)Cc1ccccc1. The molecule has 0 bridgehead atoms. The van der Waals surface area contributed by atoms with E-state index in [2.05, 4.69) is 0 Å². The number of benzene rings is 2. The number of nitrogens with zero attached hydrogens (tertiary/aromatic N) is 1. The van der Waals surface area contributed by atoms with Gasteiger partial charge in [-0.3, -0.25) is 4.90 Å². The van der Waals surface area contributed by atoms with Crippen LogP contribution in [-0.4, -0.2) is 34.2 Å². The van der Waals surface area contributed by atoms with Crippen LogP contribution in [0, 0.1) is 5.82 Å². The van der Waals surface area contributed by atoms with Crippen molar-refractivity contribution in [3.05, 3.63) is 70.4 Å². The molecule has 2 aromatic carbocycles. The Bertz CT molecular complexity index is 879. The number of aromatic carboxylic acids is 1. The van der Waals surface area contributed by atoms with Crippen LogP contribution < -0.4 is 0 Å². The van der Waals surface area contributed by atoms with Crippen molar-refractivity contribution in [2.45, 2.75) is 13.1 Å². The van der Waals surface area contributed by atoms with Crippen molar-refractivity contribution in [3.63, 3.8) is 0 Å². The van der Waals surface area contributed by atoms with E-state index in [1.165, 1.54) is 6.07 Å². The highest BCUT2D eigenvalue weighted by molar-refractivity contribution is 7.21. The molecule has 0 aliphatic heterocycles. The molecule has 3 rings (SSSR count). The summed E-state index contributed by atoms with van der Waals surface area (Å²) in [5.41, 5.74) is 1.52. The number of carboxylic acids is 1. The maximum atomic E-state index is 14.3. The van der Waals surface area contributed by atoms with Crippen molar-refractivity contribution in [2.75, 3.05) is 13.2 Å². The molecular formula is C19H18FNO3S. The number of halogens is 1. The lowest BCUT2D eigenvalue weighted by atomic mass is 10.1. The molecule has 0 amide bonds. The fraction of sp³-hybridized carbons (Fsp3) is 0.211. The Morgan fingerprint density at radius 1 is 1.08 bits per heavy atom. The molecule has 0 unspecified atom stereocenters. The third-order valence-corrected chi connectivity index (χ3v) is 5.19. The van der Waals surface area contributed by atoms with E-state index in [0.29, 0.717) is 28.7 Å². The molecule has 0 fully saturated rings. The van der Waals surface area contributed by atoms with E-state index >= 15 is 0 Å². The van der Waals surface area contributed by atoms with Gasteiger partial charge in [-0.25, -0.2) is 9.18 Å². The summed E-state index contributed by atoms with van der Waals surface area (Å²) in [6.07, 6.45) is 0. The summed E-state index contributed by atoms with van der Waals surface area (Å²) in [5, 5.41) is 19.2. The fourth-order valence-corrected chi connectivity index (χ4v) is 3.98. The molecule has 0 radical (unpaired) electrons. The monoisotopic (exact) mass is 359 g/mol. The number of thiophene rings is 1. The number of fused-ring (bicyclic) bond motifs is 1. The second-order valence-electron chi connectivity index (χ2n) is 5.75. The summed E-state index contributed by atoms with van der Waals surface area (Å²) in [7, 11) is 0. The van der Waals surface area contributed by atoms with Crippen molar-refractivity contribution in [3.8, 4) is 0 Å². The zero-order valence-corrected chi connectivity index (χ0v) is 14.3. The number of carboxylic acid groups (broad SMARTS) is 1. The average Bonchev–Trinajstić information content (AvgIpc) is 2.96. The van der Waals surface area contributed by atoms with Crippen LogP contribution in [0.25, 0.3) is 10.1 Å². The number of aliphatic hydroxyl groups is 1. The highest BCUT2D eigenvalue weighted by atomic mass is 32.1. The summed E-state index contributed by atoms with van der Waals surface area (Å²) < 4.78 is 15.0. The summed E-state index contributed by atoms with van der Waals surface area (Å²) in [5.74, 6) is -1.47. The molecule has 0 saturated carbocycles. The molecule has 0 spiro atoms. The highest BCUT2D eigenvalue weighted by Crippen LogP contribution is 2.34. The third-order valence-electron chi connectivity index (χ3n) is 4.00. The summed E-state index contributed by atoms with van der Waals surface area (Å²) in [6, 6.07) is 14.4. The summed E-state index contributed by atoms with van der Waals surface area (Å²) in [4.78, 5) is 13.7. The van der Waals surface area contributed by atoms with E-state index in [1.807, 2.05) is 35.2 Å². The first-order valence-corrected chi connectivity index (χ1v) is 8.72. The van der Waals surface area contributed by atoms with E-state index in [1.54, 1.807) is 12.1 Å². The lowest BCUT2D eigenvalue weighted by Crippen LogP contribution is -2.26. The molecule has 3 aromatic rings. The van der Waals surface area contributed by atoms with Crippen molar-refractivity contribution >= 4 is 27.4 Å². The Kier molecular flexibility index (Phi) is 5.43. The van der Waals surface area contributed by atoms with Crippen LogP contribution in [0.1, 0.15) is 20.8 Å². The van der Waals surface area contributed by atoms with Crippen LogP contribution in [0.3, 0.4) is 0 Å². The van der Waals surface area contributed by atoms with Crippen LogP contribution in [0.5, 0.6) is 0 Å². The predicted molar refractivity (Wildman–Crippen MR) is 96.4 cm³/mol. The Balaban J connectivity index is 1.98. The van der Waals surface area contributed by atoms with Gasteiger partial charge in [0, 0.05) is 35.3 Å². The zero-order chi connectivity index (χ0) is 17.8. The van der Waals surface area contributed by atoms with E-state index in [-0.39, 0.29) is 18.0 Å². The van der Waals surface area contributed by atoms with Gasteiger partial charge in [0.1, 0.15) is 10.7 Å². The number of rotatable bonds is 7. The third kappa shape index (κ3) is 3.87. The molecule has 2 N–H and O–H groups in total. The number of hydrogen-bond donors (Lipinski definition) is 2. The fourth-order valence-electron chi connectivity index (χ4n) is 2.91. The molecular weight excluding hydrogens is 341 g/mol. The quantitative estimate of drug-likeness (QED) is 0.675. The molecule has 130 valence electrons. The van der Waals surface area contributed by atoms with E-state index in [9.17, 15) is 19.4 Å². The smallest absolute Gasteiger partial charge is 0.346 e. The van der Waals surface area contributed by atoms with Gasteiger partial charge in [0.05, 0.1) is 6.61 Å². The zero-order valence-electron chi connectivity index (χ0n) is 13.5. The molecule has 1 heterocycles. The number of hydrogen-bond acceptors (Lipinski definition) is 4. The molecule has 0 aliphatic rings. The largest absolute Gasteiger partial charge is 0.477 e. The van der Waals surface area contributed by atoms with E-state index in [4.69, 9.17) is 0 Å². The molecule has 0 aliphatic carbocycles. The molecule has 4 nitrogen and oxygen atoms in total. The second-order valence-corrected chi connectivity index (χ2v) is 6.80. The second kappa shape index (κ2) is 7.74. The van der Waals surface area contributed by atoms with Gasteiger partial charge in [0.2, 0.25) is 0 Å².